The molecule has 3 fully saturated rings. The molecule has 0 spiro atoms. The van der Waals surface area contributed by atoms with E-state index in [1.807, 2.05) is 0 Å². The third-order valence-corrected chi connectivity index (χ3v) is 7.90. The van der Waals surface area contributed by atoms with Gasteiger partial charge in [-0.15, -0.1) is 0 Å². The van der Waals surface area contributed by atoms with Crippen LogP contribution in [0.1, 0.15) is 27.2 Å². The molecule has 15 unspecified atom stereocenters. The van der Waals surface area contributed by atoms with Crippen molar-refractivity contribution >= 4 is 11.8 Å². The van der Waals surface area contributed by atoms with Crippen LogP contribution < -0.4 is 10.6 Å². The van der Waals surface area contributed by atoms with Crippen molar-refractivity contribution in [1.29, 1.82) is 0 Å². The Balaban J connectivity index is 1.74. The Morgan fingerprint density at radius 1 is 0.696 bits per heavy atom. The molecule has 11 N–H and O–H groups in total. The van der Waals surface area contributed by atoms with Gasteiger partial charge in [-0.3, -0.25) is 9.59 Å². The highest BCUT2D eigenvalue weighted by atomic mass is 16.8. The number of aliphatic hydroxyl groups is 9. The minimum absolute atomic E-state index is 0.0347. The topological polar surface area (TPSA) is 296 Å². The monoisotopic (exact) mass is 672 g/mol. The molecule has 3 aliphatic heterocycles. The number of amides is 2. The first-order valence-electron chi connectivity index (χ1n) is 15.1. The summed E-state index contributed by atoms with van der Waals surface area (Å²) in [6.07, 6.45) is -22.6. The van der Waals surface area contributed by atoms with Gasteiger partial charge >= 0.3 is 0 Å². The number of rotatable bonds is 14. The smallest absolute Gasteiger partial charge is 0.222 e. The van der Waals surface area contributed by atoms with E-state index in [1.54, 1.807) is 13.8 Å². The minimum Gasteiger partial charge on any atom is -0.394 e. The van der Waals surface area contributed by atoms with Crippen LogP contribution in [0.2, 0.25) is 0 Å². The molecule has 0 aromatic carbocycles. The second-order valence-corrected chi connectivity index (χ2v) is 11.7. The molecular formula is C27H48N2O17. The third kappa shape index (κ3) is 9.27. The van der Waals surface area contributed by atoms with Gasteiger partial charge in [-0.1, -0.05) is 13.8 Å². The molecule has 0 aromatic rings. The second kappa shape index (κ2) is 17.7. The van der Waals surface area contributed by atoms with Crippen molar-refractivity contribution in [2.75, 3.05) is 33.0 Å². The Morgan fingerprint density at radius 2 is 1.24 bits per heavy atom. The second-order valence-electron chi connectivity index (χ2n) is 11.7. The molecule has 19 nitrogen and oxygen atoms in total. The maximum Gasteiger partial charge on any atom is 0.222 e. The molecule has 3 aliphatic rings. The van der Waals surface area contributed by atoms with E-state index in [-0.39, 0.29) is 25.0 Å². The number of aliphatic hydroxyl groups excluding tert-OH is 9. The van der Waals surface area contributed by atoms with Crippen LogP contribution in [0.4, 0.5) is 0 Å². The van der Waals surface area contributed by atoms with Gasteiger partial charge in [0.2, 0.25) is 11.8 Å². The highest BCUT2D eigenvalue weighted by Crippen LogP contribution is 2.32. The van der Waals surface area contributed by atoms with Crippen molar-refractivity contribution in [3.8, 4) is 0 Å². The Morgan fingerprint density at radius 3 is 1.80 bits per heavy atom. The Bertz CT molecular complexity index is 961. The molecule has 0 aromatic heterocycles. The van der Waals surface area contributed by atoms with Crippen molar-refractivity contribution < 1.29 is 84.0 Å². The number of hydrogen-bond acceptors (Lipinski definition) is 17. The van der Waals surface area contributed by atoms with Crippen LogP contribution in [0.25, 0.3) is 0 Å². The Labute approximate surface area is 264 Å². The Kier molecular flexibility index (Phi) is 14.9. The maximum absolute atomic E-state index is 12.0. The molecule has 0 radical (unpaired) electrons. The first-order valence-corrected chi connectivity index (χ1v) is 15.1. The van der Waals surface area contributed by atoms with E-state index in [4.69, 9.17) is 28.4 Å². The average Bonchev–Trinajstić information content (AvgIpc) is 3.02. The van der Waals surface area contributed by atoms with Crippen molar-refractivity contribution in [3.05, 3.63) is 0 Å². The van der Waals surface area contributed by atoms with Crippen LogP contribution in [-0.2, 0) is 38.0 Å². The fourth-order valence-corrected chi connectivity index (χ4v) is 5.27. The molecule has 268 valence electrons. The van der Waals surface area contributed by atoms with Crippen molar-refractivity contribution in [2.24, 2.45) is 5.92 Å². The fraction of sp³-hybridized carbons (Fsp3) is 0.926. The predicted octanol–water partition coefficient (Wildman–Crippen LogP) is -6.24. The van der Waals surface area contributed by atoms with Gasteiger partial charge in [0.1, 0.15) is 73.2 Å². The summed E-state index contributed by atoms with van der Waals surface area (Å²) < 4.78 is 33.7. The van der Waals surface area contributed by atoms with E-state index >= 15 is 0 Å². The van der Waals surface area contributed by atoms with Gasteiger partial charge in [-0.05, 0) is 6.42 Å². The first-order chi connectivity index (χ1) is 21.7. The summed E-state index contributed by atoms with van der Waals surface area (Å²) in [6, 6.07) is -1.25. The van der Waals surface area contributed by atoms with Gasteiger partial charge in [-0.25, -0.2) is 0 Å². The molecule has 3 rings (SSSR count). The first kappa shape index (κ1) is 38.8. The average molecular weight is 673 g/mol. The molecule has 3 heterocycles. The summed E-state index contributed by atoms with van der Waals surface area (Å²) in [5.41, 5.74) is 0. The molecule has 0 bridgehead atoms. The zero-order valence-corrected chi connectivity index (χ0v) is 25.8. The normalized spacial score (nSPS) is 41.7. The molecular weight excluding hydrogens is 624 g/mol. The SMILES string of the molecule is CC(=O)NC1C(OCCCNC(=O)C(C)C)OC(CO)C(OC2OC(CO)C(O)C(OC3OC(CO)C(O)C(O)C3O)C2O)C1O. The van der Waals surface area contributed by atoms with E-state index in [9.17, 15) is 55.5 Å². The lowest BCUT2D eigenvalue weighted by Crippen LogP contribution is -2.68. The highest BCUT2D eigenvalue weighted by Gasteiger charge is 2.54. The van der Waals surface area contributed by atoms with E-state index in [2.05, 4.69) is 10.6 Å². The van der Waals surface area contributed by atoms with Crippen molar-refractivity contribution in [1.82, 2.24) is 10.6 Å². The summed E-state index contributed by atoms with van der Waals surface area (Å²) >= 11 is 0. The number of ether oxygens (including phenoxy) is 6. The van der Waals surface area contributed by atoms with E-state index < -0.39 is 118 Å². The van der Waals surface area contributed by atoms with Gasteiger partial charge in [0.25, 0.3) is 0 Å². The number of hydrogen-bond donors (Lipinski definition) is 11. The minimum atomic E-state index is -1.93. The summed E-state index contributed by atoms with van der Waals surface area (Å²) in [6.45, 7) is 2.65. The van der Waals surface area contributed by atoms with E-state index in [1.165, 1.54) is 6.92 Å². The van der Waals surface area contributed by atoms with Crippen molar-refractivity contribution in [2.45, 2.75) is 119 Å². The lowest BCUT2D eigenvalue weighted by atomic mass is 9.95. The van der Waals surface area contributed by atoms with Crippen molar-refractivity contribution in [3.63, 3.8) is 0 Å². The molecule has 15 atom stereocenters. The van der Waals surface area contributed by atoms with Gasteiger partial charge in [0, 0.05) is 19.4 Å². The molecule has 0 aliphatic carbocycles. The summed E-state index contributed by atoms with van der Waals surface area (Å²) in [5, 5.41) is 98.3. The van der Waals surface area contributed by atoms with Gasteiger partial charge in [0.05, 0.1) is 26.4 Å². The molecule has 19 heteroatoms. The van der Waals surface area contributed by atoms with Crippen LogP contribution in [-0.4, -0.2) is 183 Å². The summed E-state index contributed by atoms with van der Waals surface area (Å²) in [7, 11) is 0. The van der Waals surface area contributed by atoms with Gasteiger partial charge in [0.15, 0.2) is 18.9 Å². The number of nitrogens with one attached hydrogen (secondary N) is 2. The van der Waals surface area contributed by atoms with Gasteiger partial charge in [-0.2, -0.15) is 0 Å². The van der Waals surface area contributed by atoms with Crippen LogP contribution in [0.15, 0.2) is 0 Å². The zero-order chi connectivity index (χ0) is 34.3. The predicted molar refractivity (Wildman–Crippen MR) is 149 cm³/mol. The largest absolute Gasteiger partial charge is 0.394 e. The maximum atomic E-state index is 12.0. The Hall–Kier alpha value is -1.66. The lowest BCUT2D eigenvalue weighted by molar-refractivity contribution is -0.376. The van der Waals surface area contributed by atoms with Crippen LogP contribution in [0.3, 0.4) is 0 Å². The number of carbonyl (C=O) groups is 2. The quantitative estimate of drug-likeness (QED) is 0.0765. The van der Waals surface area contributed by atoms with E-state index in [0.717, 1.165) is 0 Å². The lowest BCUT2D eigenvalue weighted by Gasteiger charge is -2.48. The van der Waals surface area contributed by atoms with E-state index in [0.29, 0.717) is 6.42 Å². The third-order valence-electron chi connectivity index (χ3n) is 7.90. The summed E-state index contributed by atoms with van der Waals surface area (Å²) in [4.78, 5) is 23.8. The molecule has 2 amide bonds. The van der Waals surface area contributed by atoms with Crippen LogP contribution >= 0.6 is 0 Å². The fourth-order valence-electron chi connectivity index (χ4n) is 5.27. The standard InChI is InChI=1S/C27H48N2O17/c1-10(2)24(40)28-5-4-6-41-25-15(29-11(3)33)18(36)22(14(9-32)44-25)45-27-21(39)23(17(35)13(8-31)43-27)46-26-20(38)19(37)16(34)12(7-30)42-26/h10,12-23,25-27,30-32,34-39H,4-9H2,1-3H3,(H,28,40)(H,29,33). The van der Waals surface area contributed by atoms with Crippen LogP contribution in [0.5, 0.6) is 0 Å². The zero-order valence-electron chi connectivity index (χ0n) is 25.8. The number of carbonyl (C=O) groups excluding carboxylic acids is 2. The highest BCUT2D eigenvalue weighted by molar-refractivity contribution is 5.77. The van der Waals surface area contributed by atoms with Crippen LogP contribution in [0, 0.1) is 5.92 Å². The molecule has 3 saturated heterocycles. The molecule has 0 saturated carbocycles. The molecule has 46 heavy (non-hydrogen) atoms. The summed E-state index contributed by atoms with van der Waals surface area (Å²) in [5.74, 6) is -0.928. The van der Waals surface area contributed by atoms with Gasteiger partial charge < -0.3 is 85.0 Å².